The summed E-state index contributed by atoms with van der Waals surface area (Å²) >= 11 is 3.36. The smallest absolute Gasteiger partial charge is 0.191 e. The van der Waals surface area contributed by atoms with Crippen LogP contribution < -0.4 is 16.0 Å². The van der Waals surface area contributed by atoms with Gasteiger partial charge in [-0.15, -0.1) is 11.3 Å². The number of guanidine groups is 1. The molecule has 0 saturated carbocycles. The van der Waals surface area contributed by atoms with E-state index in [4.69, 9.17) is 0 Å². The van der Waals surface area contributed by atoms with Crippen LogP contribution in [-0.2, 0) is 6.54 Å². The van der Waals surface area contributed by atoms with Crippen molar-refractivity contribution in [1.82, 2.24) is 20.6 Å². The molecule has 6 nitrogen and oxygen atoms in total. The fourth-order valence-corrected chi connectivity index (χ4v) is 3.86. The van der Waals surface area contributed by atoms with Crippen LogP contribution in [0.4, 0.5) is 5.13 Å². The molecule has 0 aliphatic heterocycles. The summed E-state index contributed by atoms with van der Waals surface area (Å²) in [4.78, 5) is 14.7. The molecule has 25 heavy (non-hydrogen) atoms. The van der Waals surface area contributed by atoms with Gasteiger partial charge in [-0.1, -0.05) is 23.5 Å². The molecule has 0 aliphatic rings. The van der Waals surface area contributed by atoms with E-state index in [2.05, 4.69) is 50.8 Å². The third-order valence-corrected chi connectivity index (χ3v) is 5.26. The standard InChI is InChI=1S/C17H22N6S2/c1-3-18-16(22-11-15-21-10-12(2)24-15)19-8-9-20-17-23-13-6-4-5-7-14(13)25-17/h4-7,10H,3,8-9,11H2,1-2H3,(H,20,23)(H2,18,19,22). The first kappa shape index (κ1) is 17.6. The van der Waals surface area contributed by atoms with Gasteiger partial charge in [-0.25, -0.2) is 15.0 Å². The molecule has 3 rings (SSSR count). The van der Waals surface area contributed by atoms with Crippen molar-refractivity contribution in [1.29, 1.82) is 0 Å². The zero-order valence-electron chi connectivity index (χ0n) is 14.4. The van der Waals surface area contributed by atoms with Crippen LogP contribution in [0.15, 0.2) is 35.5 Å². The van der Waals surface area contributed by atoms with Gasteiger partial charge < -0.3 is 16.0 Å². The summed E-state index contributed by atoms with van der Waals surface area (Å²) in [5.41, 5.74) is 1.04. The summed E-state index contributed by atoms with van der Waals surface area (Å²) in [5, 5.41) is 11.9. The number of hydrogen-bond acceptors (Lipinski definition) is 6. The summed E-state index contributed by atoms with van der Waals surface area (Å²) < 4.78 is 1.20. The molecule has 0 unspecified atom stereocenters. The lowest BCUT2D eigenvalue weighted by molar-refractivity contribution is 0.818. The van der Waals surface area contributed by atoms with Crippen LogP contribution in [0.1, 0.15) is 16.8 Å². The first-order valence-corrected chi connectivity index (χ1v) is 9.91. The Balaban J connectivity index is 1.47. The summed E-state index contributed by atoms with van der Waals surface area (Å²) in [6.07, 6.45) is 1.89. The second-order valence-corrected chi connectivity index (χ2v) is 7.75. The van der Waals surface area contributed by atoms with Crippen LogP contribution in [0.5, 0.6) is 0 Å². The predicted octanol–water partition coefficient (Wildman–Crippen LogP) is 3.23. The molecular weight excluding hydrogens is 352 g/mol. The second kappa shape index (κ2) is 8.77. The zero-order chi connectivity index (χ0) is 17.5. The molecule has 0 radical (unpaired) electrons. The van der Waals surface area contributed by atoms with E-state index in [9.17, 15) is 0 Å². The third-order valence-electron chi connectivity index (χ3n) is 3.37. The number of benzene rings is 1. The highest BCUT2D eigenvalue weighted by molar-refractivity contribution is 7.22. The molecule has 2 aromatic heterocycles. The monoisotopic (exact) mass is 374 g/mol. The molecule has 0 fully saturated rings. The van der Waals surface area contributed by atoms with E-state index >= 15 is 0 Å². The topological polar surface area (TPSA) is 74.2 Å². The van der Waals surface area contributed by atoms with Crippen molar-refractivity contribution in [2.45, 2.75) is 20.4 Å². The van der Waals surface area contributed by atoms with Gasteiger partial charge in [0.05, 0.1) is 16.8 Å². The Morgan fingerprint density at radius 2 is 2.04 bits per heavy atom. The molecule has 132 valence electrons. The lowest BCUT2D eigenvalue weighted by atomic mass is 10.3. The van der Waals surface area contributed by atoms with Gasteiger partial charge in [0.25, 0.3) is 0 Å². The molecule has 0 atom stereocenters. The Bertz CT molecular complexity index is 805. The van der Waals surface area contributed by atoms with Gasteiger partial charge in [-0.3, -0.25) is 0 Å². The molecule has 3 N–H and O–H groups in total. The van der Waals surface area contributed by atoms with Crippen LogP contribution in [0, 0.1) is 6.92 Å². The highest BCUT2D eigenvalue weighted by Gasteiger charge is 2.03. The lowest BCUT2D eigenvalue weighted by Gasteiger charge is -2.11. The number of aryl methyl sites for hydroxylation is 1. The van der Waals surface area contributed by atoms with Crippen molar-refractivity contribution >= 4 is 44.0 Å². The van der Waals surface area contributed by atoms with E-state index in [0.29, 0.717) is 6.54 Å². The lowest BCUT2D eigenvalue weighted by Crippen LogP contribution is -2.39. The molecule has 3 aromatic rings. The molecule has 0 bridgehead atoms. The van der Waals surface area contributed by atoms with E-state index < -0.39 is 0 Å². The molecule has 0 amide bonds. The van der Waals surface area contributed by atoms with Gasteiger partial charge >= 0.3 is 0 Å². The highest BCUT2D eigenvalue weighted by Crippen LogP contribution is 2.24. The van der Waals surface area contributed by atoms with Crippen LogP contribution in [0.2, 0.25) is 0 Å². The van der Waals surface area contributed by atoms with E-state index in [0.717, 1.165) is 41.2 Å². The number of hydrogen-bond donors (Lipinski definition) is 3. The maximum absolute atomic E-state index is 4.58. The zero-order valence-corrected chi connectivity index (χ0v) is 16.0. The fraction of sp³-hybridized carbons (Fsp3) is 0.353. The Hall–Kier alpha value is -2.19. The fourth-order valence-electron chi connectivity index (χ4n) is 2.26. The predicted molar refractivity (Wildman–Crippen MR) is 108 cm³/mol. The van der Waals surface area contributed by atoms with Crippen LogP contribution in [-0.4, -0.2) is 35.6 Å². The van der Waals surface area contributed by atoms with Gasteiger partial charge in [0, 0.05) is 30.7 Å². The largest absolute Gasteiger partial charge is 0.360 e. The Morgan fingerprint density at radius 1 is 1.16 bits per heavy atom. The van der Waals surface area contributed by atoms with Crippen molar-refractivity contribution in [2.24, 2.45) is 4.99 Å². The maximum Gasteiger partial charge on any atom is 0.191 e. The summed E-state index contributed by atoms with van der Waals surface area (Å²) in [5.74, 6) is 0.807. The quantitative estimate of drug-likeness (QED) is 0.336. The summed E-state index contributed by atoms with van der Waals surface area (Å²) in [7, 11) is 0. The second-order valence-electron chi connectivity index (χ2n) is 5.40. The maximum atomic E-state index is 4.58. The molecule has 2 heterocycles. The van der Waals surface area contributed by atoms with E-state index in [-0.39, 0.29) is 0 Å². The Morgan fingerprint density at radius 3 is 2.80 bits per heavy atom. The molecule has 1 aromatic carbocycles. The number of nitrogens with one attached hydrogen (secondary N) is 3. The van der Waals surface area contributed by atoms with E-state index in [1.54, 1.807) is 22.7 Å². The highest BCUT2D eigenvalue weighted by atomic mass is 32.1. The van der Waals surface area contributed by atoms with Crippen molar-refractivity contribution in [3.63, 3.8) is 0 Å². The SMILES string of the molecule is CCNC(=NCc1ncc(C)s1)NCCNc1nc2ccccc2s1. The number of aromatic nitrogens is 2. The average Bonchev–Trinajstić information content (AvgIpc) is 3.21. The minimum Gasteiger partial charge on any atom is -0.360 e. The van der Waals surface area contributed by atoms with Crippen LogP contribution >= 0.6 is 22.7 Å². The number of nitrogens with zero attached hydrogens (tertiary/aromatic N) is 3. The van der Waals surface area contributed by atoms with Crippen molar-refractivity contribution in [2.75, 3.05) is 25.0 Å². The van der Waals surface area contributed by atoms with Crippen LogP contribution in [0.3, 0.4) is 0 Å². The number of aliphatic imine (C=N–C) groups is 1. The molecule has 0 saturated heterocycles. The molecular formula is C17H22N6S2. The number of fused-ring (bicyclic) bond motifs is 1. The third kappa shape index (κ3) is 5.14. The van der Waals surface area contributed by atoms with Gasteiger partial charge in [-0.2, -0.15) is 0 Å². The normalized spacial score (nSPS) is 11.7. The van der Waals surface area contributed by atoms with Crippen molar-refractivity contribution in [3.05, 3.63) is 40.3 Å². The summed E-state index contributed by atoms with van der Waals surface area (Å²) in [6, 6.07) is 8.17. The average molecular weight is 375 g/mol. The number of anilines is 1. The van der Waals surface area contributed by atoms with E-state index in [1.165, 1.54) is 9.58 Å². The van der Waals surface area contributed by atoms with Gasteiger partial charge in [-0.05, 0) is 26.0 Å². The number of para-hydroxylation sites is 1. The minimum atomic E-state index is 0.596. The number of rotatable bonds is 7. The first-order valence-electron chi connectivity index (χ1n) is 8.27. The van der Waals surface area contributed by atoms with Gasteiger partial charge in [0.2, 0.25) is 0 Å². The molecule has 0 spiro atoms. The summed E-state index contributed by atoms with van der Waals surface area (Å²) in [6.45, 7) is 7.08. The molecule has 0 aliphatic carbocycles. The van der Waals surface area contributed by atoms with Crippen molar-refractivity contribution in [3.8, 4) is 0 Å². The van der Waals surface area contributed by atoms with Gasteiger partial charge in [0.15, 0.2) is 11.1 Å². The van der Waals surface area contributed by atoms with Crippen molar-refractivity contribution < 1.29 is 0 Å². The Labute approximate surface area is 155 Å². The van der Waals surface area contributed by atoms with Crippen LogP contribution in [0.25, 0.3) is 10.2 Å². The Kier molecular flexibility index (Phi) is 6.19. The van der Waals surface area contributed by atoms with Gasteiger partial charge in [0.1, 0.15) is 5.01 Å². The minimum absolute atomic E-state index is 0.596. The first-order chi connectivity index (χ1) is 12.2. The molecule has 8 heteroatoms. The number of thiazole rings is 2. The van der Waals surface area contributed by atoms with E-state index in [1.807, 2.05) is 24.4 Å².